The second-order valence-corrected chi connectivity index (χ2v) is 7.54. The lowest BCUT2D eigenvalue weighted by Gasteiger charge is -2.49. The highest BCUT2D eigenvalue weighted by Crippen LogP contribution is 2.39. The molecule has 2 fully saturated rings. The summed E-state index contributed by atoms with van der Waals surface area (Å²) in [6.07, 6.45) is 5.65. The summed E-state index contributed by atoms with van der Waals surface area (Å²) in [5.41, 5.74) is 0. The molecular formula is C17H31NO2. The van der Waals surface area contributed by atoms with Gasteiger partial charge in [0.25, 0.3) is 0 Å². The third kappa shape index (κ3) is 3.36. The third-order valence-electron chi connectivity index (χ3n) is 5.69. The lowest BCUT2D eigenvalue weighted by molar-refractivity contribution is -0.144. The molecule has 2 aliphatic rings. The first-order valence-corrected chi connectivity index (χ1v) is 8.38. The Bertz CT molecular complexity index is 342. The van der Waals surface area contributed by atoms with E-state index in [1.807, 2.05) is 0 Å². The monoisotopic (exact) mass is 281 g/mol. The van der Waals surface area contributed by atoms with E-state index in [2.05, 4.69) is 32.6 Å². The molecule has 1 aliphatic heterocycles. The largest absolute Gasteiger partial charge is 0.481 e. The lowest BCUT2D eigenvalue weighted by Crippen LogP contribution is -2.53. The minimum atomic E-state index is -0.603. The molecule has 1 heterocycles. The smallest absolute Gasteiger partial charge is 0.306 e. The topological polar surface area (TPSA) is 40.5 Å². The van der Waals surface area contributed by atoms with Crippen LogP contribution in [0.1, 0.15) is 59.8 Å². The summed E-state index contributed by atoms with van der Waals surface area (Å²) in [4.78, 5) is 13.8. The number of rotatable bonds is 3. The number of likely N-dealkylation sites (tertiary alicyclic amines) is 1. The third-order valence-corrected chi connectivity index (χ3v) is 5.69. The lowest BCUT2D eigenvalue weighted by atomic mass is 9.72. The Kier molecular flexibility index (Phi) is 5.11. The van der Waals surface area contributed by atoms with Crippen molar-refractivity contribution in [1.82, 2.24) is 4.90 Å². The summed E-state index contributed by atoms with van der Waals surface area (Å²) >= 11 is 0. The van der Waals surface area contributed by atoms with Crippen molar-refractivity contribution in [2.24, 2.45) is 23.7 Å². The van der Waals surface area contributed by atoms with Gasteiger partial charge < -0.3 is 5.11 Å². The van der Waals surface area contributed by atoms with Gasteiger partial charge in [-0.15, -0.1) is 0 Å². The fourth-order valence-corrected chi connectivity index (χ4v) is 4.44. The maximum Gasteiger partial charge on any atom is 0.306 e. The van der Waals surface area contributed by atoms with E-state index < -0.39 is 5.97 Å². The van der Waals surface area contributed by atoms with E-state index in [1.54, 1.807) is 0 Å². The first-order chi connectivity index (χ1) is 9.40. The predicted molar refractivity (Wildman–Crippen MR) is 81.7 cm³/mol. The zero-order valence-electron chi connectivity index (χ0n) is 13.5. The summed E-state index contributed by atoms with van der Waals surface area (Å²) in [6.45, 7) is 10.3. The van der Waals surface area contributed by atoms with Crippen LogP contribution in [-0.2, 0) is 4.79 Å². The summed E-state index contributed by atoms with van der Waals surface area (Å²) in [5, 5.41) is 9.22. The minimum Gasteiger partial charge on any atom is -0.481 e. The second kappa shape index (κ2) is 6.46. The predicted octanol–water partition coefficient (Wildman–Crippen LogP) is 3.63. The molecule has 20 heavy (non-hydrogen) atoms. The van der Waals surface area contributed by atoms with E-state index in [0.717, 1.165) is 37.1 Å². The van der Waals surface area contributed by atoms with Crippen molar-refractivity contribution >= 4 is 5.97 Å². The highest BCUT2D eigenvalue weighted by atomic mass is 16.4. The molecule has 1 saturated heterocycles. The Morgan fingerprint density at radius 3 is 2.40 bits per heavy atom. The van der Waals surface area contributed by atoms with Crippen molar-refractivity contribution in [2.45, 2.75) is 71.9 Å². The zero-order valence-corrected chi connectivity index (χ0v) is 13.5. The number of carbonyl (C=O) groups is 1. The normalized spacial score (nSPS) is 40.0. The molecule has 116 valence electrons. The molecule has 2 rings (SSSR count). The van der Waals surface area contributed by atoms with Crippen LogP contribution in [0.15, 0.2) is 0 Å². The van der Waals surface area contributed by atoms with Gasteiger partial charge >= 0.3 is 5.97 Å². The summed E-state index contributed by atoms with van der Waals surface area (Å²) < 4.78 is 0. The van der Waals surface area contributed by atoms with Crippen LogP contribution in [0, 0.1) is 23.7 Å². The Labute approximate surface area is 123 Å². The zero-order chi connectivity index (χ0) is 14.9. The second-order valence-electron chi connectivity index (χ2n) is 7.54. The van der Waals surface area contributed by atoms with Gasteiger partial charge in [0, 0.05) is 12.1 Å². The summed E-state index contributed by atoms with van der Waals surface area (Å²) in [5.74, 6) is 1.61. The van der Waals surface area contributed by atoms with Gasteiger partial charge in [-0.2, -0.15) is 0 Å². The standard InChI is InChI=1S/C17H31NO2/c1-11(2)15-6-5-12(3)9-16(15)18-8-7-14(17(19)20)10-13(18)4/h11-16H,5-10H2,1-4H3,(H,19,20). The molecule has 0 aromatic carbocycles. The summed E-state index contributed by atoms with van der Waals surface area (Å²) in [7, 11) is 0. The van der Waals surface area contributed by atoms with Crippen molar-refractivity contribution in [1.29, 1.82) is 0 Å². The van der Waals surface area contributed by atoms with Crippen LogP contribution < -0.4 is 0 Å². The highest BCUT2D eigenvalue weighted by Gasteiger charge is 2.39. The molecule has 5 atom stereocenters. The van der Waals surface area contributed by atoms with E-state index in [4.69, 9.17) is 0 Å². The van der Waals surface area contributed by atoms with Gasteiger partial charge in [0.2, 0.25) is 0 Å². The van der Waals surface area contributed by atoms with Crippen molar-refractivity contribution in [3.63, 3.8) is 0 Å². The van der Waals surface area contributed by atoms with E-state index in [-0.39, 0.29) is 5.92 Å². The van der Waals surface area contributed by atoms with Gasteiger partial charge in [-0.1, -0.05) is 27.2 Å². The molecule has 1 aliphatic carbocycles. The van der Waals surface area contributed by atoms with Crippen LogP contribution in [-0.4, -0.2) is 34.6 Å². The number of nitrogens with zero attached hydrogens (tertiary/aromatic N) is 1. The molecule has 3 nitrogen and oxygen atoms in total. The molecule has 3 heteroatoms. The Morgan fingerprint density at radius 2 is 1.85 bits per heavy atom. The van der Waals surface area contributed by atoms with E-state index >= 15 is 0 Å². The molecule has 1 N–H and O–H groups in total. The van der Waals surface area contributed by atoms with E-state index in [0.29, 0.717) is 12.1 Å². The van der Waals surface area contributed by atoms with Crippen molar-refractivity contribution in [3.8, 4) is 0 Å². The van der Waals surface area contributed by atoms with Crippen LogP contribution in [0.2, 0.25) is 0 Å². The van der Waals surface area contributed by atoms with Gasteiger partial charge in [-0.3, -0.25) is 9.69 Å². The van der Waals surface area contributed by atoms with Gasteiger partial charge in [-0.25, -0.2) is 0 Å². The van der Waals surface area contributed by atoms with E-state index in [1.165, 1.54) is 19.3 Å². The number of hydrogen-bond donors (Lipinski definition) is 1. The quantitative estimate of drug-likeness (QED) is 0.858. The van der Waals surface area contributed by atoms with Crippen LogP contribution in [0.4, 0.5) is 0 Å². The highest BCUT2D eigenvalue weighted by molar-refractivity contribution is 5.70. The molecule has 0 radical (unpaired) electrons. The molecule has 0 aromatic rings. The molecule has 0 spiro atoms. The average molecular weight is 281 g/mol. The molecular weight excluding hydrogens is 250 g/mol. The average Bonchev–Trinajstić information content (AvgIpc) is 2.37. The number of hydrogen-bond acceptors (Lipinski definition) is 2. The first-order valence-electron chi connectivity index (χ1n) is 8.38. The maximum atomic E-state index is 11.2. The van der Waals surface area contributed by atoms with Crippen molar-refractivity contribution < 1.29 is 9.90 Å². The number of piperidine rings is 1. The van der Waals surface area contributed by atoms with Gasteiger partial charge in [0.1, 0.15) is 0 Å². The van der Waals surface area contributed by atoms with Crippen LogP contribution in [0.5, 0.6) is 0 Å². The molecule has 1 saturated carbocycles. The minimum absolute atomic E-state index is 0.125. The molecule has 0 amide bonds. The fourth-order valence-electron chi connectivity index (χ4n) is 4.44. The first kappa shape index (κ1) is 15.8. The van der Waals surface area contributed by atoms with Gasteiger partial charge in [-0.05, 0) is 56.9 Å². The van der Waals surface area contributed by atoms with Crippen molar-refractivity contribution in [2.75, 3.05) is 6.54 Å². The Balaban J connectivity index is 2.06. The van der Waals surface area contributed by atoms with Gasteiger partial charge in [0.15, 0.2) is 0 Å². The SMILES string of the molecule is CC1CCC(C(C)C)C(N2CCC(C(=O)O)CC2C)C1. The maximum absolute atomic E-state index is 11.2. The van der Waals surface area contributed by atoms with Crippen LogP contribution >= 0.6 is 0 Å². The van der Waals surface area contributed by atoms with Gasteiger partial charge in [0.05, 0.1) is 5.92 Å². The number of carboxylic acid groups (broad SMARTS) is 1. The van der Waals surface area contributed by atoms with Crippen LogP contribution in [0.3, 0.4) is 0 Å². The number of carboxylic acids is 1. The van der Waals surface area contributed by atoms with E-state index in [9.17, 15) is 9.90 Å². The molecule has 0 bridgehead atoms. The molecule has 5 unspecified atom stereocenters. The molecule has 0 aromatic heterocycles. The summed E-state index contributed by atoms with van der Waals surface area (Å²) in [6, 6.07) is 1.09. The fraction of sp³-hybridized carbons (Fsp3) is 0.941. The Morgan fingerprint density at radius 1 is 1.15 bits per heavy atom. The van der Waals surface area contributed by atoms with Crippen molar-refractivity contribution in [3.05, 3.63) is 0 Å². The Hall–Kier alpha value is -0.570. The van der Waals surface area contributed by atoms with Crippen LogP contribution in [0.25, 0.3) is 0 Å². The number of aliphatic carboxylic acids is 1.